The molecule has 0 N–H and O–H groups in total. The summed E-state index contributed by atoms with van der Waals surface area (Å²) in [7, 11) is 1.65. The molecule has 3 aromatic rings. The fraction of sp³-hybridized carbons (Fsp3) is 0.567. The van der Waals surface area contributed by atoms with Gasteiger partial charge in [0.2, 0.25) is 0 Å². The van der Waals surface area contributed by atoms with Crippen LogP contribution in [0.3, 0.4) is 0 Å². The second kappa shape index (κ2) is 14.1. The Kier molecular flexibility index (Phi) is 10.4. The highest BCUT2D eigenvalue weighted by Crippen LogP contribution is 2.27. The first-order chi connectivity index (χ1) is 18.6. The van der Waals surface area contributed by atoms with Gasteiger partial charge in [0, 0.05) is 19.6 Å². The first kappa shape index (κ1) is 27.9. The number of fused-ring (bicyclic) bond motifs is 1. The molecule has 0 bridgehead atoms. The molecule has 1 saturated heterocycles. The maximum Gasteiger partial charge on any atom is 0.304 e. The van der Waals surface area contributed by atoms with Crippen molar-refractivity contribution in [1.82, 2.24) is 24.3 Å². The molecular formula is C30H43N5O3. The molecule has 0 radical (unpaired) electrons. The number of carbonyl (C=O) groups is 1. The van der Waals surface area contributed by atoms with Crippen LogP contribution in [-0.4, -0.2) is 70.1 Å². The SMILES string of the molecule is CCCCN(CCCC)C(=O)c1ccc2nc(Oc3ccc(OC)cc3)n(CCCN3CCCCC3)c2n1. The average Bonchev–Trinajstić information content (AvgIpc) is 3.29. The van der Waals surface area contributed by atoms with Gasteiger partial charge in [0.25, 0.3) is 5.91 Å². The van der Waals surface area contributed by atoms with Crippen molar-refractivity contribution in [2.45, 2.75) is 71.8 Å². The molecule has 8 nitrogen and oxygen atoms in total. The summed E-state index contributed by atoms with van der Waals surface area (Å²) in [5.74, 6) is 1.44. The Morgan fingerprint density at radius 2 is 1.55 bits per heavy atom. The lowest BCUT2D eigenvalue weighted by Crippen LogP contribution is -2.33. The first-order valence-electron chi connectivity index (χ1n) is 14.3. The van der Waals surface area contributed by atoms with Crippen LogP contribution in [0.2, 0.25) is 0 Å². The van der Waals surface area contributed by atoms with Gasteiger partial charge in [-0.05, 0) is 88.1 Å². The molecule has 0 unspecified atom stereocenters. The van der Waals surface area contributed by atoms with E-state index < -0.39 is 0 Å². The van der Waals surface area contributed by atoms with Crippen LogP contribution in [0.4, 0.5) is 0 Å². The van der Waals surface area contributed by atoms with E-state index in [0.717, 1.165) is 69.5 Å². The van der Waals surface area contributed by atoms with Gasteiger partial charge in [-0.2, -0.15) is 4.98 Å². The minimum atomic E-state index is -0.00695. The van der Waals surface area contributed by atoms with Crippen LogP contribution in [0.25, 0.3) is 11.2 Å². The molecule has 1 aliphatic heterocycles. The summed E-state index contributed by atoms with van der Waals surface area (Å²) in [5.41, 5.74) is 1.90. The van der Waals surface area contributed by atoms with E-state index in [2.05, 4.69) is 18.7 Å². The van der Waals surface area contributed by atoms with Crippen molar-refractivity contribution < 1.29 is 14.3 Å². The van der Waals surface area contributed by atoms with Gasteiger partial charge in [-0.15, -0.1) is 0 Å². The van der Waals surface area contributed by atoms with E-state index in [1.54, 1.807) is 13.2 Å². The Hall–Kier alpha value is -3.13. The Bertz CT molecular complexity index is 1150. The molecule has 0 atom stereocenters. The Balaban J connectivity index is 1.60. The highest BCUT2D eigenvalue weighted by Gasteiger charge is 2.21. The van der Waals surface area contributed by atoms with Gasteiger partial charge < -0.3 is 19.3 Å². The van der Waals surface area contributed by atoms with Crippen LogP contribution < -0.4 is 9.47 Å². The normalized spacial score (nSPS) is 14.1. The van der Waals surface area contributed by atoms with Crippen LogP contribution in [0, 0.1) is 0 Å². The number of nitrogens with zero attached hydrogens (tertiary/aromatic N) is 5. The number of benzene rings is 1. The molecule has 206 valence electrons. The monoisotopic (exact) mass is 521 g/mol. The number of hydrogen-bond acceptors (Lipinski definition) is 6. The highest BCUT2D eigenvalue weighted by molar-refractivity contribution is 5.94. The number of aromatic nitrogens is 3. The molecule has 1 fully saturated rings. The number of methoxy groups -OCH3 is 1. The van der Waals surface area contributed by atoms with Crippen molar-refractivity contribution in [3.05, 3.63) is 42.1 Å². The molecule has 38 heavy (non-hydrogen) atoms. The Morgan fingerprint density at radius 1 is 0.868 bits per heavy atom. The van der Waals surface area contributed by atoms with Crippen molar-refractivity contribution in [1.29, 1.82) is 0 Å². The number of imidazole rings is 1. The molecule has 1 aliphatic rings. The molecule has 4 rings (SSSR count). The van der Waals surface area contributed by atoms with Gasteiger partial charge in [0.1, 0.15) is 22.7 Å². The zero-order valence-corrected chi connectivity index (χ0v) is 23.3. The number of amides is 1. The molecule has 1 amide bonds. The number of pyridine rings is 1. The van der Waals surface area contributed by atoms with Crippen molar-refractivity contribution >= 4 is 17.1 Å². The quantitative estimate of drug-likeness (QED) is 0.253. The Labute approximate surface area is 226 Å². The molecule has 3 heterocycles. The zero-order valence-electron chi connectivity index (χ0n) is 23.3. The van der Waals surface area contributed by atoms with E-state index in [0.29, 0.717) is 23.1 Å². The van der Waals surface area contributed by atoms with Crippen LogP contribution in [0.5, 0.6) is 17.5 Å². The maximum atomic E-state index is 13.5. The van der Waals surface area contributed by atoms with Gasteiger partial charge in [-0.3, -0.25) is 9.36 Å². The minimum Gasteiger partial charge on any atom is -0.497 e. The number of aryl methyl sites for hydroxylation is 1. The standard InChI is InChI=1S/C30H43N5O3/c1-4-6-21-34(22-7-5-2)29(36)27-17-16-26-28(31-27)35(23-11-20-33-18-9-8-10-19-33)30(32-26)38-25-14-12-24(37-3)13-15-25/h12-17H,4-11,18-23H2,1-3H3. The van der Waals surface area contributed by atoms with Gasteiger partial charge in [0.05, 0.1) is 7.11 Å². The summed E-state index contributed by atoms with van der Waals surface area (Å²) in [4.78, 5) is 27.6. The summed E-state index contributed by atoms with van der Waals surface area (Å²) in [6.45, 7) is 9.91. The van der Waals surface area contributed by atoms with E-state index in [1.807, 2.05) is 39.8 Å². The summed E-state index contributed by atoms with van der Waals surface area (Å²) in [6, 6.07) is 11.7. The van der Waals surface area contributed by atoms with Crippen LogP contribution >= 0.6 is 0 Å². The molecule has 1 aromatic carbocycles. The third kappa shape index (κ3) is 7.25. The van der Waals surface area contributed by atoms with Crippen molar-refractivity contribution in [2.75, 3.05) is 39.8 Å². The summed E-state index contributed by atoms with van der Waals surface area (Å²) >= 11 is 0. The maximum absolute atomic E-state index is 13.5. The Morgan fingerprint density at radius 3 is 2.21 bits per heavy atom. The summed E-state index contributed by atoms with van der Waals surface area (Å²) < 4.78 is 13.5. The average molecular weight is 522 g/mol. The van der Waals surface area contributed by atoms with Crippen molar-refractivity contribution in [3.63, 3.8) is 0 Å². The molecule has 0 saturated carbocycles. The number of likely N-dealkylation sites (tertiary alicyclic amines) is 1. The third-order valence-electron chi connectivity index (χ3n) is 7.20. The van der Waals surface area contributed by atoms with Gasteiger partial charge >= 0.3 is 6.01 Å². The van der Waals surface area contributed by atoms with E-state index >= 15 is 0 Å². The number of piperidine rings is 1. The van der Waals surface area contributed by atoms with Crippen molar-refractivity contribution in [2.24, 2.45) is 0 Å². The second-order valence-electron chi connectivity index (χ2n) is 10.1. The smallest absolute Gasteiger partial charge is 0.304 e. The van der Waals surface area contributed by atoms with Crippen molar-refractivity contribution in [3.8, 4) is 17.5 Å². The van der Waals surface area contributed by atoms with Crippen LogP contribution in [0.15, 0.2) is 36.4 Å². The topological polar surface area (TPSA) is 72.7 Å². The lowest BCUT2D eigenvalue weighted by molar-refractivity contribution is 0.0745. The third-order valence-corrected chi connectivity index (χ3v) is 7.20. The molecule has 2 aromatic heterocycles. The molecule has 8 heteroatoms. The predicted molar refractivity (Wildman–Crippen MR) is 151 cm³/mol. The number of ether oxygens (including phenoxy) is 2. The van der Waals surface area contributed by atoms with Crippen LogP contribution in [0.1, 0.15) is 75.7 Å². The van der Waals surface area contributed by atoms with Crippen LogP contribution in [-0.2, 0) is 6.54 Å². The van der Waals surface area contributed by atoms with E-state index in [1.165, 1.54) is 32.4 Å². The molecule has 0 aliphatic carbocycles. The predicted octanol–water partition coefficient (Wildman–Crippen LogP) is 6.15. The van der Waals surface area contributed by atoms with E-state index in [-0.39, 0.29) is 5.91 Å². The summed E-state index contributed by atoms with van der Waals surface area (Å²) in [6.07, 6.45) is 8.94. The first-order valence-corrected chi connectivity index (χ1v) is 14.3. The lowest BCUT2D eigenvalue weighted by atomic mass is 10.1. The fourth-order valence-corrected chi connectivity index (χ4v) is 4.94. The van der Waals surface area contributed by atoms with E-state index in [4.69, 9.17) is 19.4 Å². The highest BCUT2D eigenvalue weighted by atomic mass is 16.5. The van der Waals surface area contributed by atoms with Gasteiger partial charge in [0.15, 0.2) is 5.65 Å². The molecular weight excluding hydrogens is 478 g/mol. The fourth-order valence-electron chi connectivity index (χ4n) is 4.94. The minimum absolute atomic E-state index is 0.00695. The van der Waals surface area contributed by atoms with E-state index in [9.17, 15) is 4.79 Å². The number of carbonyl (C=O) groups excluding carboxylic acids is 1. The second-order valence-corrected chi connectivity index (χ2v) is 10.1. The number of rotatable bonds is 14. The summed E-state index contributed by atoms with van der Waals surface area (Å²) in [5, 5.41) is 0. The van der Waals surface area contributed by atoms with Gasteiger partial charge in [-0.25, -0.2) is 4.98 Å². The molecule has 0 spiro atoms. The lowest BCUT2D eigenvalue weighted by Gasteiger charge is -2.26. The number of hydrogen-bond donors (Lipinski definition) is 0. The number of unbranched alkanes of at least 4 members (excludes halogenated alkanes) is 2. The zero-order chi connectivity index (χ0) is 26.7. The van der Waals surface area contributed by atoms with Gasteiger partial charge in [-0.1, -0.05) is 33.1 Å². The largest absolute Gasteiger partial charge is 0.497 e.